The van der Waals surface area contributed by atoms with Crippen molar-refractivity contribution in [3.05, 3.63) is 52.5 Å². The van der Waals surface area contributed by atoms with Crippen LogP contribution in [-0.2, 0) is 0 Å². The maximum atomic E-state index is 12.5. The van der Waals surface area contributed by atoms with Gasteiger partial charge in [0.15, 0.2) is 0 Å². The van der Waals surface area contributed by atoms with Gasteiger partial charge in [-0.05, 0) is 52.3 Å². The fourth-order valence-corrected chi connectivity index (χ4v) is 2.24. The lowest BCUT2D eigenvalue weighted by Gasteiger charge is -2.19. The van der Waals surface area contributed by atoms with Crippen molar-refractivity contribution < 1.29 is 9.53 Å². The van der Waals surface area contributed by atoms with Crippen molar-refractivity contribution in [3.8, 4) is 5.75 Å². The second-order valence-electron chi connectivity index (χ2n) is 4.30. The molecule has 20 heavy (non-hydrogen) atoms. The molecule has 2 rings (SSSR count). The van der Waals surface area contributed by atoms with E-state index in [0.29, 0.717) is 17.0 Å². The largest absolute Gasteiger partial charge is 0.497 e. The minimum atomic E-state index is -0.138. The number of methoxy groups -OCH3 is 1. The molecule has 0 aliphatic heterocycles. The first-order valence-corrected chi connectivity index (χ1v) is 6.79. The number of nitrogen functional groups attached to an aromatic ring is 1. The zero-order valence-corrected chi connectivity index (χ0v) is 12.8. The van der Waals surface area contributed by atoms with E-state index in [1.807, 2.05) is 12.1 Å². The Morgan fingerprint density at radius 3 is 2.65 bits per heavy atom. The van der Waals surface area contributed by atoms with Crippen LogP contribution in [0.1, 0.15) is 10.4 Å². The molecule has 0 aromatic heterocycles. The smallest absolute Gasteiger partial charge is 0.259 e. The quantitative estimate of drug-likeness (QED) is 0.876. The summed E-state index contributed by atoms with van der Waals surface area (Å²) in [7, 11) is 3.28. The van der Waals surface area contributed by atoms with E-state index < -0.39 is 0 Å². The summed E-state index contributed by atoms with van der Waals surface area (Å²) in [5, 5.41) is 0. The molecule has 0 aliphatic carbocycles. The van der Waals surface area contributed by atoms with Crippen LogP contribution >= 0.6 is 15.9 Å². The summed E-state index contributed by atoms with van der Waals surface area (Å²) in [6.45, 7) is 0. The molecule has 2 aromatic rings. The van der Waals surface area contributed by atoms with Crippen LogP contribution in [0.15, 0.2) is 46.9 Å². The molecule has 0 spiro atoms. The number of ether oxygens (including phenoxy) is 1. The summed E-state index contributed by atoms with van der Waals surface area (Å²) in [5.41, 5.74) is 7.64. The van der Waals surface area contributed by atoms with Gasteiger partial charge >= 0.3 is 0 Å². The first kappa shape index (κ1) is 14.4. The normalized spacial score (nSPS) is 10.2. The summed E-state index contributed by atoms with van der Waals surface area (Å²) in [5.74, 6) is 0.499. The molecule has 2 N–H and O–H groups in total. The maximum Gasteiger partial charge on any atom is 0.259 e. The van der Waals surface area contributed by atoms with Gasteiger partial charge in [-0.3, -0.25) is 4.79 Å². The Hall–Kier alpha value is -2.01. The van der Waals surface area contributed by atoms with Crippen LogP contribution in [-0.4, -0.2) is 20.1 Å². The van der Waals surface area contributed by atoms with Crippen molar-refractivity contribution in [2.45, 2.75) is 0 Å². The van der Waals surface area contributed by atoms with Gasteiger partial charge in [0.25, 0.3) is 5.91 Å². The van der Waals surface area contributed by atoms with Crippen molar-refractivity contribution in [1.29, 1.82) is 0 Å². The van der Waals surface area contributed by atoms with Gasteiger partial charge in [0.05, 0.1) is 12.7 Å². The molecule has 2 aromatic carbocycles. The number of amides is 1. The van der Waals surface area contributed by atoms with E-state index in [2.05, 4.69) is 15.9 Å². The van der Waals surface area contributed by atoms with Crippen LogP contribution in [0.5, 0.6) is 5.75 Å². The predicted octanol–water partition coefficient (Wildman–Crippen LogP) is 3.32. The highest BCUT2D eigenvalue weighted by molar-refractivity contribution is 9.10. The molecule has 104 valence electrons. The number of nitrogens with two attached hydrogens (primary N) is 1. The van der Waals surface area contributed by atoms with Crippen LogP contribution in [0.2, 0.25) is 0 Å². The van der Waals surface area contributed by atoms with Crippen molar-refractivity contribution in [2.75, 3.05) is 24.8 Å². The van der Waals surface area contributed by atoms with Gasteiger partial charge in [-0.2, -0.15) is 0 Å². The van der Waals surface area contributed by atoms with Crippen LogP contribution in [0.25, 0.3) is 0 Å². The average molecular weight is 335 g/mol. The lowest BCUT2D eigenvalue weighted by molar-refractivity contribution is 0.0992. The van der Waals surface area contributed by atoms with E-state index in [-0.39, 0.29) is 5.91 Å². The van der Waals surface area contributed by atoms with Gasteiger partial charge in [-0.25, -0.2) is 0 Å². The number of carbonyl (C=O) groups is 1. The Labute approximate surface area is 126 Å². The fraction of sp³-hybridized carbons (Fsp3) is 0.133. The summed E-state index contributed by atoms with van der Waals surface area (Å²) >= 11 is 3.39. The molecule has 0 saturated carbocycles. The van der Waals surface area contributed by atoms with Gasteiger partial charge in [0, 0.05) is 22.9 Å². The Morgan fingerprint density at radius 2 is 2.00 bits per heavy atom. The van der Waals surface area contributed by atoms with E-state index in [4.69, 9.17) is 10.5 Å². The zero-order chi connectivity index (χ0) is 14.7. The zero-order valence-electron chi connectivity index (χ0n) is 11.3. The number of rotatable bonds is 3. The molecule has 4 nitrogen and oxygen atoms in total. The molecular formula is C15H15BrN2O2. The van der Waals surface area contributed by atoms with Gasteiger partial charge in [-0.15, -0.1) is 0 Å². The van der Waals surface area contributed by atoms with Gasteiger partial charge in [-0.1, -0.05) is 6.07 Å². The highest BCUT2D eigenvalue weighted by Crippen LogP contribution is 2.26. The third kappa shape index (κ3) is 2.93. The minimum Gasteiger partial charge on any atom is -0.497 e. The molecular weight excluding hydrogens is 320 g/mol. The van der Waals surface area contributed by atoms with Crippen LogP contribution in [0.4, 0.5) is 11.4 Å². The molecule has 0 bridgehead atoms. The highest BCUT2D eigenvalue weighted by Gasteiger charge is 2.17. The first-order chi connectivity index (χ1) is 9.52. The molecule has 0 radical (unpaired) electrons. The Morgan fingerprint density at radius 1 is 1.25 bits per heavy atom. The Kier molecular flexibility index (Phi) is 4.29. The molecule has 0 saturated heterocycles. The molecule has 0 fully saturated rings. The summed E-state index contributed by atoms with van der Waals surface area (Å²) in [6, 6.07) is 12.5. The number of nitrogens with zero attached hydrogens (tertiary/aromatic N) is 1. The number of halogens is 1. The maximum absolute atomic E-state index is 12.5. The lowest BCUT2D eigenvalue weighted by Crippen LogP contribution is -2.26. The standard InChI is InChI=1S/C15H15BrN2O2/c1-18(11-5-3-4-10(17)8-11)15(19)13-9-12(20-2)6-7-14(13)16/h3-9H,17H2,1-2H3. The molecule has 0 aliphatic rings. The third-order valence-corrected chi connectivity index (χ3v) is 3.66. The second kappa shape index (κ2) is 5.96. The number of benzene rings is 2. The Balaban J connectivity index is 2.36. The first-order valence-electron chi connectivity index (χ1n) is 6.00. The predicted molar refractivity (Wildman–Crippen MR) is 84.3 cm³/mol. The molecule has 0 atom stereocenters. The van der Waals surface area contributed by atoms with Crippen LogP contribution in [0.3, 0.4) is 0 Å². The average Bonchev–Trinajstić information content (AvgIpc) is 2.46. The molecule has 1 amide bonds. The summed E-state index contributed by atoms with van der Waals surface area (Å²) in [4.78, 5) is 14.1. The molecule has 5 heteroatoms. The minimum absolute atomic E-state index is 0.138. The van der Waals surface area contributed by atoms with Crippen molar-refractivity contribution in [2.24, 2.45) is 0 Å². The van der Waals surface area contributed by atoms with Crippen molar-refractivity contribution in [3.63, 3.8) is 0 Å². The van der Waals surface area contributed by atoms with E-state index in [0.717, 1.165) is 10.2 Å². The monoisotopic (exact) mass is 334 g/mol. The number of hydrogen-bond acceptors (Lipinski definition) is 3. The molecule has 0 unspecified atom stereocenters. The summed E-state index contributed by atoms with van der Waals surface area (Å²) in [6.07, 6.45) is 0. The van der Waals surface area contributed by atoms with Crippen LogP contribution in [0, 0.1) is 0 Å². The Bertz CT molecular complexity index is 644. The van der Waals surface area contributed by atoms with E-state index in [1.165, 1.54) is 0 Å². The SMILES string of the molecule is COc1ccc(Br)c(C(=O)N(C)c2cccc(N)c2)c1. The number of carbonyl (C=O) groups excluding carboxylic acids is 1. The van der Waals surface area contributed by atoms with E-state index in [1.54, 1.807) is 49.4 Å². The number of hydrogen-bond donors (Lipinski definition) is 1. The lowest BCUT2D eigenvalue weighted by atomic mass is 10.1. The summed E-state index contributed by atoms with van der Waals surface area (Å²) < 4.78 is 5.87. The van der Waals surface area contributed by atoms with Gasteiger partial charge in [0.1, 0.15) is 5.75 Å². The molecule has 0 heterocycles. The van der Waals surface area contributed by atoms with Gasteiger partial charge in [0.2, 0.25) is 0 Å². The van der Waals surface area contributed by atoms with Crippen molar-refractivity contribution in [1.82, 2.24) is 0 Å². The topological polar surface area (TPSA) is 55.6 Å². The number of anilines is 2. The van der Waals surface area contributed by atoms with E-state index in [9.17, 15) is 4.79 Å². The van der Waals surface area contributed by atoms with E-state index >= 15 is 0 Å². The second-order valence-corrected chi connectivity index (χ2v) is 5.16. The van der Waals surface area contributed by atoms with Crippen LogP contribution < -0.4 is 15.4 Å². The van der Waals surface area contributed by atoms with Gasteiger partial charge < -0.3 is 15.4 Å². The fourth-order valence-electron chi connectivity index (χ4n) is 1.83. The third-order valence-electron chi connectivity index (χ3n) is 2.97. The highest BCUT2D eigenvalue weighted by atomic mass is 79.9. The van der Waals surface area contributed by atoms with Crippen molar-refractivity contribution >= 4 is 33.2 Å².